The molecule has 0 aliphatic rings. The van der Waals surface area contributed by atoms with Crippen molar-refractivity contribution in [3.63, 3.8) is 0 Å². The first-order valence-corrected chi connectivity index (χ1v) is 7.27. The second kappa shape index (κ2) is 8.11. The largest absolute Gasteiger partial charge is 0.481 e. The summed E-state index contributed by atoms with van der Waals surface area (Å²) in [4.78, 5) is 22.1. The van der Waals surface area contributed by atoms with Crippen molar-refractivity contribution in [1.29, 1.82) is 0 Å². The van der Waals surface area contributed by atoms with Gasteiger partial charge in [-0.05, 0) is 30.5 Å². The van der Waals surface area contributed by atoms with Gasteiger partial charge in [-0.15, -0.1) is 0 Å². The molecular weight excluding hydrogens is 348 g/mol. The summed E-state index contributed by atoms with van der Waals surface area (Å²) in [6.07, 6.45) is 0.623. The average molecular weight is 364 g/mol. The van der Waals surface area contributed by atoms with Crippen molar-refractivity contribution in [2.75, 3.05) is 11.9 Å². The van der Waals surface area contributed by atoms with E-state index in [1.165, 1.54) is 0 Å². The molecule has 7 heteroatoms. The van der Waals surface area contributed by atoms with E-state index in [0.717, 1.165) is 4.47 Å². The van der Waals surface area contributed by atoms with E-state index < -0.39 is 5.97 Å². The highest BCUT2D eigenvalue weighted by Gasteiger charge is 2.09. The maximum absolute atomic E-state index is 11.7. The van der Waals surface area contributed by atoms with E-state index in [2.05, 4.69) is 26.6 Å². The minimum Gasteiger partial charge on any atom is -0.481 e. The van der Waals surface area contributed by atoms with Gasteiger partial charge in [-0.1, -0.05) is 34.5 Å². The molecule has 0 aliphatic carbocycles. The molecule has 20 heavy (non-hydrogen) atoms. The van der Waals surface area contributed by atoms with Crippen LogP contribution in [-0.4, -0.2) is 23.7 Å². The molecule has 0 fully saturated rings. The third-order valence-electron chi connectivity index (χ3n) is 2.64. The molecule has 1 rings (SSSR count). The van der Waals surface area contributed by atoms with E-state index in [-0.39, 0.29) is 18.4 Å². The predicted octanol–water partition coefficient (Wildman–Crippen LogP) is 3.72. The lowest BCUT2D eigenvalue weighted by Crippen LogP contribution is -2.32. The lowest BCUT2D eigenvalue weighted by Gasteiger charge is -2.13. The van der Waals surface area contributed by atoms with E-state index in [1.807, 2.05) is 6.92 Å². The van der Waals surface area contributed by atoms with Crippen LogP contribution >= 0.6 is 27.5 Å². The SMILES string of the molecule is CC(CCC(=O)O)CNC(=O)Nc1ccc(Br)cc1Cl. The van der Waals surface area contributed by atoms with Gasteiger partial charge in [0.05, 0.1) is 10.7 Å². The van der Waals surface area contributed by atoms with Gasteiger partial charge in [-0.3, -0.25) is 4.79 Å². The Kier molecular flexibility index (Phi) is 6.81. The smallest absolute Gasteiger partial charge is 0.319 e. The first-order valence-electron chi connectivity index (χ1n) is 6.10. The number of benzene rings is 1. The lowest BCUT2D eigenvalue weighted by molar-refractivity contribution is -0.137. The van der Waals surface area contributed by atoms with Gasteiger partial charge < -0.3 is 15.7 Å². The van der Waals surface area contributed by atoms with Crippen LogP contribution < -0.4 is 10.6 Å². The molecule has 1 unspecified atom stereocenters. The molecule has 110 valence electrons. The number of hydrogen-bond donors (Lipinski definition) is 3. The quantitative estimate of drug-likeness (QED) is 0.720. The van der Waals surface area contributed by atoms with Crippen molar-refractivity contribution in [2.45, 2.75) is 19.8 Å². The molecule has 0 aliphatic heterocycles. The fraction of sp³-hybridized carbons (Fsp3) is 0.385. The van der Waals surface area contributed by atoms with Crippen LogP contribution in [0.1, 0.15) is 19.8 Å². The van der Waals surface area contributed by atoms with E-state index in [4.69, 9.17) is 16.7 Å². The van der Waals surface area contributed by atoms with E-state index in [0.29, 0.717) is 23.7 Å². The fourth-order valence-corrected chi connectivity index (χ4v) is 2.22. The molecule has 0 bridgehead atoms. The van der Waals surface area contributed by atoms with Crippen LogP contribution in [0.4, 0.5) is 10.5 Å². The molecule has 0 heterocycles. The number of urea groups is 1. The first kappa shape index (κ1) is 16.8. The number of carbonyl (C=O) groups is 2. The van der Waals surface area contributed by atoms with Crippen LogP contribution in [0.3, 0.4) is 0 Å². The monoisotopic (exact) mass is 362 g/mol. The number of amides is 2. The van der Waals surface area contributed by atoms with Crippen LogP contribution in [-0.2, 0) is 4.79 Å². The number of halogens is 2. The lowest BCUT2D eigenvalue weighted by atomic mass is 10.1. The Morgan fingerprint density at radius 2 is 2.15 bits per heavy atom. The molecule has 2 amide bonds. The van der Waals surface area contributed by atoms with E-state index in [1.54, 1.807) is 18.2 Å². The Bertz CT molecular complexity index is 497. The highest BCUT2D eigenvalue weighted by Crippen LogP contribution is 2.25. The highest BCUT2D eigenvalue weighted by atomic mass is 79.9. The Hall–Kier alpha value is -1.27. The predicted molar refractivity (Wildman–Crippen MR) is 82.2 cm³/mol. The van der Waals surface area contributed by atoms with Gasteiger partial charge in [-0.2, -0.15) is 0 Å². The third-order valence-corrected chi connectivity index (χ3v) is 3.45. The van der Waals surface area contributed by atoms with Crippen molar-refractivity contribution >= 4 is 45.2 Å². The summed E-state index contributed by atoms with van der Waals surface area (Å²) < 4.78 is 0.829. The summed E-state index contributed by atoms with van der Waals surface area (Å²) >= 11 is 9.26. The number of hydrogen-bond acceptors (Lipinski definition) is 2. The normalized spacial score (nSPS) is 11.8. The topological polar surface area (TPSA) is 78.4 Å². The van der Waals surface area contributed by atoms with Crippen LogP contribution in [0.5, 0.6) is 0 Å². The number of rotatable bonds is 6. The Balaban J connectivity index is 2.38. The highest BCUT2D eigenvalue weighted by molar-refractivity contribution is 9.10. The molecule has 0 saturated heterocycles. The van der Waals surface area contributed by atoms with Crippen LogP contribution in [0.25, 0.3) is 0 Å². The molecular formula is C13H16BrClN2O3. The molecule has 3 N–H and O–H groups in total. The summed E-state index contributed by atoms with van der Waals surface area (Å²) in [5.74, 6) is -0.736. The molecule has 1 atom stereocenters. The molecule has 0 saturated carbocycles. The van der Waals surface area contributed by atoms with Gasteiger partial charge in [0.1, 0.15) is 0 Å². The van der Waals surface area contributed by atoms with Gasteiger partial charge in [0, 0.05) is 17.4 Å². The summed E-state index contributed by atoms with van der Waals surface area (Å²) in [5.41, 5.74) is 0.519. The number of anilines is 1. The van der Waals surface area contributed by atoms with Crippen LogP contribution in [0.15, 0.2) is 22.7 Å². The van der Waals surface area contributed by atoms with E-state index in [9.17, 15) is 9.59 Å². The van der Waals surface area contributed by atoms with Gasteiger partial charge in [0.15, 0.2) is 0 Å². The number of carbonyl (C=O) groups excluding carboxylic acids is 1. The molecule has 5 nitrogen and oxygen atoms in total. The fourth-order valence-electron chi connectivity index (χ4n) is 1.50. The zero-order valence-corrected chi connectivity index (χ0v) is 13.3. The Labute approximate surface area is 130 Å². The summed E-state index contributed by atoms with van der Waals surface area (Å²) in [7, 11) is 0. The summed E-state index contributed by atoms with van der Waals surface area (Å²) in [6.45, 7) is 2.29. The maximum atomic E-state index is 11.7. The number of aliphatic carboxylic acids is 1. The van der Waals surface area contributed by atoms with Crippen molar-refractivity contribution < 1.29 is 14.7 Å². The van der Waals surface area contributed by atoms with Crippen LogP contribution in [0.2, 0.25) is 5.02 Å². The second-order valence-corrected chi connectivity index (χ2v) is 5.82. The minimum atomic E-state index is -0.831. The molecule has 1 aromatic rings. The van der Waals surface area contributed by atoms with Gasteiger partial charge in [-0.25, -0.2) is 4.79 Å². The number of carboxylic acids is 1. The van der Waals surface area contributed by atoms with Crippen molar-refractivity contribution in [2.24, 2.45) is 5.92 Å². The van der Waals surface area contributed by atoms with Gasteiger partial charge in [0.25, 0.3) is 0 Å². The van der Waals surface area contributed by atoms with E-state index >= 15 is 0 Å². The minimum absolute atomic E-state index is 0.0947. The summed E-state index contributed by atoms with van der Waals surface area (Å²) in [5, 5.41) is 14.3. The van der Waals surface area contributed by atoms with Crippen molar-refractivity contribution in [3.05, 3.63) is 27.7 Å². The van der Waals surface area contributed by atoms with Gasteiger partial charge >= 0.3 is 12.0 Å². The zero-order chi connectivity index (χ0) is 15.1. The second-order valence-electron chi connectivity index (χ2n) is 4.50. The van der Waals surface area contributed by atoms with Gasteiger partial charge in [0.2, 0.25) is 0 Å². The summed E-state index contributed by atoms with van der Waals surface area (Å²) in [6, 6.07) is 4.79. The Morgan fingerprint density at radius 1 is 1.45 bits per heavy atom. The maximum Gasteiger partial charge on any atom is 0.319 e. The molecule has 0 spiro atoms. The Morgan fingerprint density at radius 3 is 2.75 bits per heavy atom. The number of nitrogens with one attached hydrogen (secondary N) is 2. The standard InChI is InChI=1S/C13H16BrClN2O3/c1-8(2-5-12(18)19)7-16-13(20)17-11-4-3-9(14)6-10(11)15/h3-4,6,8H,2,5,7H2,1H3,(H,18,19)(H2,16,17,20). The van der Waals surface area contributed by atoms with Crippen molar-refractivity contribution in [1.82, 2.24) is 5.32 Å². The molecule has 0 radical (unpaired) electrons. The molecule has 1 aromatic carbocycles. The zero-order valence-electron chi connectivity index (χ0n) is 11.0. The molecule has 0 aromatic heterocycles. The average Bonchev–Trinajstić information content (AvgIpc) is 2.37. The first-order chi connectivity index (χ1) is 9.38. The third kappa shape index (κ3) is 6.25. The van der Waals surface area contributed by atoms with Crippen LogP contribution in [0, 0.1) is 5.92 Å². The number of carboxylic acid groups (broad SMARTS) is 1. The van der Waals surface area contributed by atoms with Crippen molar-refractivity contribution in [3.8, 4) is 0 Å².